The largest absolute Gasteiger partial charge is 0.480 e. The maximum atomic E-state index is 12.5. The number of carbonyl (C=O) groups is 2. The quantitative estimate of drug-likeness (QED) is 0.831. The van der Waals surface area contributed by atoms with Gasteiger partial charge in [-0.05, 0) is 43.7 Å². The second-order valence-corrected chi connectivity index (χ2v) is 5.83. The highest BCUT2D eigenvalue weighted by molar-refractivity contribution is 5.94. The predicted octanol–water partition coefficient (Wildman–Crippen LogP) is 2.37. The molecule has 1 aromatic rings. The molecule has 0 aliphatic heterocycles. The molecule has 0 atom stereocenters. The first kappa shape index (κ1) is 18.3. The number of hydrogen-bond donors (Lipinski definition) is 2. The zero-order chi connectivity index (χ0) is 17.9. The summed E-state index contributed by atoms with van der Waals surface area (Å²) in [7, 11) is 0. The number of carbonyl (C=O) groups excluding carboxylic acids is 1. The highest BCUT2D eigenvalue weighted by Crippen LogP contribution is 2.29. The summed E-state index contributed by atoms with van der Waals surface area (Å²) >= 11 is 0. The zero-order valence-electron chi connectivity index (χ0n) is 13.1. The van der Waals surface area contributed by atoms with Crippen LogP contribution in [0.5, 0.6) is 0 Å². The van der Waals surface area contributed by atoms with Crippen LogP contribution in [-0.2, 0) is 11.0 Å². The van der Waals surface area contributed by atoms with Gasteiger partial charge in [-0.1, -0.05) is 6.92 Å². The lowest BCUT2D eigenvalue weighted by Gasteiger charge is -2.42. The Morgan fingerprint density at radius 3 is 2.29 bits per heavy atom. The van der Waals surface area contributed by atoms with Crippen molar-refractivity contribution in [2.75, 3.05) is 13.1 Å². The van der Waals surface area contributed by atoms with Gasteiger partial charge in [0.15, 0.2) is 0 Å². The number of halogens is 3. The van der Waals surface area contributed by atoms with Crippen LogP contribution in [0.2, 0.25) is 0 Å². The molecule has 1 aromatic carbocycles. The van der Waals surface area contributed by atoms with Crippen molar-refractivity contribution in [2.45, 2.75) is 38.0 Å². The van der Waals surface area contributed by atoms with E-state index in [2.05, 4.69) is 5.32 Å². The molecule has 1 aliphatic carbocycles. The topological polar surface area (TPSA) is 69.6 Å². The van der Waals surface area contributed by atoms with Gasteiger partial charge in [-0.25, -0.2) is 0 Å². The number of hydrogen-bond acceptors (Lipinski definition) is 3. The van der Waals surface area contributed by atoms with E-state index in [0.717, 1.165) is 24.3 Å². The molecule has 0 spiro atoms. The molecule has 1 saturated carbocycles. The minimum atomic E-state index is -4.43. The Bertz CT molecular complexity index is 596. The van der Waals surface area contributed by atoms with E-state index in [0.29, 0.717) is 19.4 Å². The first-order valence-corrected chi connectivity index (χ1v) is 7.64. The van der Waals surface area contributed by atoms with E-state index in [4.69, 9.17) is 5.11 Å². The first-order valence-electron chi connectivity index (χ1n) is 7.64. The Hall–Kier alpha value is -2.09. The Balaban J connectivity index is 1.85. The molecule has 8 heteroatoms. The van der Waals surface area contributed by atoms with Crippen LogP contribution in [0.1, 0.15) is 35.7 Å². The number of nitrogens with one attached hydrogen (secondary N) is 1. The van der Waals surface area contributed by atoms with Gasteiger partial charge in [0.25, 0.3) is 5.91 Å². The molecular formula is C16H19F3N2O3. The van der Waals surface area contributed by atoms with Gasteiger partial charge in [-0.3, -0.25) is 14.5 Å². The van der Waals surface area contributed by atoms with Crippen LogP contribution >= 0.6 is 0 Å². The zero-order valence-corrected chi connectivity index (χ0v) is 13.1. The number of rotatable bonds is 6. The van der Waals surface area contributed by atoms with Gasteiger partial charge in [-0.2, -0.15) is 13.2 Å². The van der Waals surface area contributed by atoms with Crippen molar-refractivity contribution in [3.8, 4) is 0 Å². The number of carboxylic acids is 1. The Morgan fingerprint density at radius 2 is 1.83 bits per heavy atom. The molecule has 0 bridgehead atoms. The smallest absolute Gasteiger partial charge is 0.416 e. The molecular weight excluding hydrogens is 325 g/mol. The summed E-state index contributed by atoms with van der Waals surface area (Å²) in [6.45, 7) is 2.44. The molecule has 132 valence electrons. The lowest BCUT2D eigenvalue weighted by atomic mass is 9.85. The Morgan fingerprint density at radius 1 is 1.25 bits per heavy atom. The summed E-state index contributed by atoms with van der Waals surface area (Å²) in [6, 6.07) is 4.07. The summed E-state index contributed by atoms with van der Waals surface area (Å²) in [5.41, 5.74) is -0.626. The van der Waals surface area contributed by atoms with Crippen molar-refractivity contribution >= 4 is 11.9 Å². The van der Waals surface area contributed by atoms with Crippen molar-refractivity contribution in [3.63, 3.8) is 0 Å². The third-order valence-electron chi connectivity index (χ3n) is 4.18. The summed E-state index contributed by atoms with van der Waals surface area (Å²) in [5.74, 6) is -1.32. The first-order chi connectivity index (χ1) is 11.2. The van der Waals surface area contributed by atoms with Crippen molar-refractivity contribution in [3.05, 3.63) is 35.4 Å². The average Bonchev–Trinajstić information content (AvgIpc) is 2.47. The molecule has 2 N–H and O–H groups in total. The standard InChI is InChI=1S/C16H19F3N2O3/c1-2-21(9-14(22)23)13-7-12(8-13)20-15(24)10-3-5-11(6-4-10)16(17,18)19/h3-6,12-13H,2,7-9H2,1H3,(H,20,24)(H,22,23). The number of amides is 1. The van der Waals surface area contributed by atoms with E-state index in [1.807, 2.05) is 11.8 Å². The number of carboxylic acid groups (broad SMARTS) is 1. The van der Waals surface area contributed by atoms with Gasteiger partial charge < -0.3 is 10.4 Å². The minimum Gasteiger partial charge on any atom is -0.480 e. The number of benzene rings is 1. The molecule has 1 aliphatic rings. The molecule has 0 heterocycles. The lowest BCUT2D eigenvalue weighted by molar-refractivity contribution is -0.139. The van der Waals surface area contributed by atoms with Crippen LogP contribution in [0.15, 0.2) is 24.3 Å². The van der Waals surface area contributed by atoms with Crippen molar-refractivity contribution in [1.29, 1.82) is 0 Å². The van der Waals surface area contributed by atoms with Gasteiger partial charge in [0.1, 0.15) is 0 Å². The fourth-order valence-electron chi connectivity index (χ4n) is 2.76. The molecule has 0 unspecified atom stereocenters. The van der Waals surface area contributed by atoms with E-state index in [1.54, 1.807) is 0 Å². The van der Waals surface area contributed by atoms with Gasteiger partial charge in [-0.15, -0.1) is 0 Å². The van der Waals surface area contributed by atoms with Gasteiger partial charge in [0.2, 0.25) is 0 Å². The van der Waals surface area contributed by atoms with Crippen LogP contribution in [-0.4, -0.2) is 47.1 Å². The Kier molecular flexibility index (Phi) is 5.48. The fourth-order valence-corrected chi connectivity index (χ4v) is 2.76. The van der Waals surface area contributed by atoms with Crippen LogP contribution in [0.25, 0.3) is 0 Å². The molecule has 0 saturated heterocycles. The summed E-state index contributed by atoms with van der Waals surface area (Å²) < 4.78 is 37.5. The second-order valence-electron chi connectivity index (χ2n) is 5.83. The second kappa shape index (κ2) is 7.21. The normalized spacial score (nSPS) is 20.5. The fraction of sp³-hybridized carbons (Fsp3) is 0.500. The maximum absolute atomic E-state index is 12.5. The van der Waals surface area contributed by atoms with Gasteiger partial charge in [0, 0.05) is 17.6 Å². The molecule has 24 heavy (non-hydrogen) atoms. The number of aliphatic carboxylic acids is 1. The Labute approximate surface area is 137 Å². The van der Waals surface area contributed by atoms with Crippen LogP contribution in [0.4, 0.5) is 13.2 Å². The highest BCUT2D eigenvalue weighted by atomic mass is 19.4. The highest BCUT2D eigenvalue weighted by Gasteiger charge is 2.35. The van der Waals surface area contributed by atoms with Crippen LogP contribution in [0.3, 0.4) is 0 Å². The van der Waals surface area contributed by atoms with E-state index in [-0.39, 0.29) is 24.2 Å². The molecule has 1 fully saturated rings. The molecule has 2 rings (SSSR count). The van der Waals surface area contributed by atoms with Gasteiger partial charge >= 0.3 is 12.1 Å². The maximum Gasteiger partial charge on any atom is 0.416 e. The predicted molar refractivity (Wildman–Crippen MR) is 80.6 cm³/mol. The monoisotopic (exact) mass is 344 g/mol. The lowest BCUT2D eigenvalue weighted by Crippen LogP contribution is -2.54. The SMILES string of the molecule is CCN(CC(=O)O)C1CC(NC(=O)c2ccc(C(F)(F)F)cc2)C1. The average molecular weight is 344 g/mol. The molecule has 0 aromatic heterocycles. The van der Waals surface area contributed by atoms with Crippen molar-refractivity contribution < 1.29 is 27.9 Å². The van der Waals surface area contributed by atoms with Crippen molar-refractivity contribution in [1.82, 2.24) is 10.2 Å². The van der Waals surface area contributed by atoms with Gasteiger partial charge in [0.05, 0.1) is 12.1 Å². The molecule has 5 nitrogen and oxygen atoms in total. The third-order valence-corrected chi connectivity index (χ3v) is 4.18. The van der Waals surface area contributed by atoms with E-state index in [1.165, 1.54) is 0 Å². The number of nitrogens with zero attached hydrogens (tertiary/aromatic N) is 1. The number of likely N-dealkylation sites (N-methyl/N-ethyl adjacent to an activating group) is 1. The summed E-state index contributed by atoms with van der Waals surface area (Å²) in [5, 5.41) is 11.6. The summed E-state index contributed by atoms with van der Waals surface area (Å²) in [6.07, 6.45) is -3.16. The van der Waals surface area contributed by atoms with E-state index >= 15 is 0 Å². The number of alkyl halides is 3. The summed E-state index contributed by atoms with van der Waals surface area (Å²) in [4.78, 5) is 24.6. The minimum absolute atomic E-state index is 0.0409. The molecule has 1 amide bonds. The van der Waals surface area contributed by atoms with E-state index < -0.39 is 23.6 Å². The third kappa shape index (κ3) is 4.47. The van der Waals surface area contributed by atoms with Crippen molar-refractivity contribution in [2.24, 2.45) is 0 Å². The van der Waals surface area contributed by atoms with Crippen LogP contribution in [0, 0.1) is 0 Å². The van der Waals surface area contributed by atoms with Crippen LogP contribution < -0.4 is 5.32 Å². The molecule has 0 radical (unpaired) electrons. The van der Waals surface area contributed by atoms with E-state index in [9.17, 15) is 22.8 Å².